The number of aliphatic hydroxyl groups is 1. The van der Waals surface area contributed by atoms with E-state index in [1.54, 1.807) is 0 Å². The van der Waals surface area contributed by atoms with E-state index < -0.39 is 97.5 Å². The molecule has 5 atom stereocenters. The average Bonchev–Trinajstić information content (AvgIpc) is 1.14. The lowest BCUT2D eigenvalue weighted by molar-refractivity contribution is -0.161. The van der Waals surface area contributed by atoms with Crippen molar-refractivity contribution in [2.75, 3.05) is 39.6 Å². The molecule has 0 spiro atoms. The quantitative estimate of drug-likeness (QED) is 0.0128. The molecule has 0 amide bonds. The van der Waals surface area contributed by atoms with E-state index >= 15 is 0 Å². The van der Waals surface area contributed by atoms with Gasteiger partial charge in [-0.1, -0.05) is 255 Å². The number of carbonyl (C=O) groups excluding carboxylic acids is 4. The van der Waals surface area contributed by atoms with E-state index in [1.165, 1.54) is 116 Å². The third-order valence-electron chi connectivity index (χ3n) is 16.5. The van der Waals surface area contributed by atoms with Crippen molar-refractivity contribution in [1.29, 1.82) is 0 Å². The largest absolute Gasteiger partial charge is 0.472 e. The molecular weight excluding hydrogens is 1260 g/mol. The zero-order chi connectivity index (χ0) is 70.4. The fourth-order valence-electron chi connectivity index (χ4n) is 10.5. The maximum atomic E-state index is 13.1. The smallest absolute Gasteiger partial charge is 0.462 e. The maximum Gasteiger partial charge on any atom is 0.472 e. The summed E-state index contributed by atoms with van der Waals surface area (Å²) >= 11 is 0. The monoisotopic (exact) mass is 1400 g/mol. The lowest BCUT2D eigenvalue weighted by Gasteiger charge is -2.21. The number of unbranched alkanes of at least 4 members (excludes halogenated alkanes) is 38. The van der Waals surface area contributed by atoms with Gasteiger partial charge in [-0.25, -0.2) is 9.13 Å². The van der Waals surface area contributed by atoms with Gasteiger partial charge in [0.15, 0.2) is 12.2 Å². The number of esters is 4. The highest BCUT2D eigenvalue weighted by atomic mass is 31.2. The zero-order valence-electron chi connectivity index (χ0n) is 61.1. The molecule has 0 aliphatic rings. The van der Waals surface area contributed by atoms with E-state index in [9.17, 15) is 43.2 Å². The molecule has 0 radical (unpaired) electrons. The highest BCUT2D eigenvalue weighted by Gasteiger charge is 2.30. The first-order valence-corrected chi connectivity index (χ1v) is 41.5. The standard InChI is InChI=1S/C77H140O17P2/c1-5-9-13-17-21-25-29-33-35-39-41-45-49-53-57-61-74(79)87-67-72(93-76(81)63-59-55-51-47-43-37-31-27-23-19-15-11-7-3)69-91-95(83,84)89-65-71(78)66-90-96(85,86)92-70-73(94-77(82)64-60-56-52-48-44-38-32-28-24-20-16-12-8-4)68-88-75(80)62-58-54-50-46-42-40-36-34-30-26-22-18-14-10-6-2/h25,27-29,31-36,71-73,78H,5-24,26,30,37-70H2,1-4H3,(H,83,84)(H,85,86)/b29-25-,31-27-,32-28-,35-33-,36-34-/t71-,72-,73-/m1/s1. The Balaban J connectivity index is 5.34. The molecule has 560 valence electrons. The van der Waals surface area contributed by atoms with Crippen molar-refractivity contribution in [1.82, 2.24) is 0 Å². The van der Waals surface area contributed by atoms with Crippen LogP contribution in [0.2, 0.25) is 0 Å². The van der Waals surface area contributed by atoms with Gasteiger partial charge in [0, 0.05) is 25.7 Å². The van der Waals surface area contributed by atoms with Crippen molar-refractivity contribution < 1.29 is 80.2 Å². The fourth-order valence-corrected chi connectivity index (χ4v) is 12.1. The third-order valence-corrected chi connectivity index (χ3v) is 18.4. The Morgan fingerprint density at radius 3 is 0.792 bits per heavy atom. The van der Waals surface area contributed by atoms with E-state index in [1.807, 2.05) is 0 Å². The number of aliphatic hydroxyl groups excluding tert-OH is 1. The number of phosphoric acid groups is 2. The molecular formula is C77H140O17P2. The Morgan fingerprint density at radius 1 is 0.292 bits per heavy atom. The van der Waals surface area contributed by atoms with Crippen molar-refractivity contribution in [2.24, 2.45) is 0 Å². The first-order chi connectivity index (χ1) is 46.7. The average molecular weight is 1400 g/mol. The SMILES string of the molecule is CCCCCC/C=C\C=C/CCCCCCCC(=O)OC[C@H](COP(=O)(O)OC[C@@H](O)COP(=O)(O)OC[C@@H](COC(=O)CCCCCCC/C=C\CCCCCCCC)OC(=O)CCCCCCC/C=C\CCCCCC)OC(=O)CCCCCCC/C=C\CCCCCC. The zero-order valence-corrected chi connectivity index (χ0v) is 62.8. The molecule has 0 aliphatic carbocycles. The first-order valence-electron chi connectivity index (χ1n) is 38.5. The number of hydrogen-bond acceptors (Lipinski definition) is 15. The summed E-state index contributed by atoms with van der Waals surface area (Å²) in [6.07, 6.45) is 67.8. The molecule has 0 saturated carbocycles. The van der Waals surface area contributed by atoms with Gasteiger partial charge >= 0.3 is 39.5 Å². The van der Waals surface area contributed by atoms with Crippen LogP contribution in [0.1, 0.15) is 349 Å². The molecule has 0 aliphatic heterocycles. The van der Waals surface area contributed by atoms with Crippen LogP contribution in [-0.2, 0) is 65.4 Å². The second kappa shape index (κ2) is 70.2. The molecule has 0 saturated heterocycles. The Hall–Kier alpha value is -3.24. The second-order valence-electron chi connectivity index (χ2n) is 26.0. The predicted octanol–water partition coefficient (Wildman–Crippen LogP) is 21.9. The van der Waals surface area contributed by atoms with E-state index in [0.717, 1.165) is 154 Å². The maximum absolute atomic E-state index is 13.1. The summed E-state index contributed by atoms with van der Waals surface area (Å²) in [5.41, 5.74) is 0. The van der Waals surface area contributed by atoms with Gasteiger partial charge in [-0.3, -0.25) is 37.3 Å². The van der Waals surface area contributed by atoms with E-state index in [-0.39, 0.29) is 25.7 Å². The van der Waals surface area contributed by atoms with E-state index in [4.69, 9.17) is 37.0 Å². The van der Waals surface area contributed by atoms with Crippen molar-refractivity contribution in [3.8, 4) is 0 Å². The Morgan fingerprint density at radius 2 is 0.510 bits per heavy atom. The van der Waals surface area contributed by atoms with Gasteiger partial charge in [-0.2, -0.15) is 0 Å². The number of rotatable bonds is 73. The van der Waals surface area contributed by atoms with Crippen LogP contribution in [0.15, 0.2) is 60.8 Å². The molecule has 17 nitrogen and oxygen atoms in total. The van der Waals surface area contributed by atoms with Crippen LogP contribution in [0.25, 0.3) is 0 Å². The minimum absolute atomic E-state index is 0.0846. The number of hydrogen-bond donors (Lipinski definition) is 3. The summed E-state index contributed by atoms with van der Waals surface area (Å²) in [5, 5.41) is 10.6. The Labute approximate surface area is 584 Å². The normalized spacial score (nSPS) is 14.3. The minimum Gasteiger partial charge on any atom is -0.462 e. The molecule has 0 aromatic rings. The number of carbonyl (C=O) groups is 4. The Kier molecular flexibility index (Phi) is 67.8. The summed E-state index contributed by atoms with van der Waals surface area (Å²) in [5.74, 6) is -2.19. The molecule has 0 aromatic carbocycles. The molecule has 3 N–H and O–H groups in total. The Bertz CT molecular complexity index is 2060. The van der Waals surface area contributed by atoms with Crippen LogP contribution < -0.4 is 0 Å². The van der Waals surface area contributed by atoms with Crippen LogP contribution in [0.3, 0.4) is 0 Å². The van der Waals surface area contributed by atoms with Gasteiger partial charge in [0.1, 0.15) is 19.3 Å². The van der Waals surface area contributed by atoms with Crippen molar-refractivity contribution in [2.45, 2.75) is 367 Å². The molecule has 2 unspecified atom stereocenters. The van der Waals surface area contributed by atoms with E-state index in [0.29, 0.717) is 25.7 Å². The van der Waals surface area contributed by atoms with Gasteiger partial charge in [-0.15, -0.1) is 0 Å². The summed E-state index contributed by atoms with van der Waals surface area (Å²) < 4.78 is 68.4. The third kappa shape index (κ3) is 69.2. The lowest BCUT2D eigenvalue weighted by Crippen LogP contribution is -2.30. The van der Waals surface area contributed by atoms with Crippen LogP contribution in [0.5, 0.6) is 0 Å². The van der Waals surface area contributed by atoms with Crippen molar-refractivity contribution in [3.63, 3.8) is 0 Å². The number of allylic oxidation sites excluding steroid dienone is 10. The summed E-state index contributed by atoms with van der Waals surface area (Å²) in [7, 11) is -9.94. The van der Waals surface area contributed by atoms with Crippen LogP contribution in [-0.4, -0.2) is 96.7 Å². The van der Waals surface area contributed by atoms with Gasteiger partial charge < -0.3 is 33.8 Å². The van der Waals surface area contributed by atoms with Gasteiger partial charge in [-0.05, 0) is 128 Å². The highest BCUT2D eigenvalue weighted by molar-refractivity contribution is 7.47. The fraction of sp³-hybridized carbons (Fsp3) is 0.818. The van der Waals surface area contributed by atoms with Gasteiger partial charge in [0.2, 0.25) is 0 Å². The van der Waals surface area contributed by atoms with Crippen molar-refractivity contribution in [3.05, 3.63) is 60.8 Å². The topological polar surface area (TPSA) is 237 Å². The van der Waals surface area contributed by atoms with Crippen LogP contribution in [0, 0.1) is 0 Å². The molecule has 19 heteroatoms. The molecule has 0 bridgehead atoms. The lowest BCUT2D eigenvalue weighted by atomic mass is 10.1. The van der Waals surface area contributed by atoms with Crippen molar-refractivity contribution >= 4 is 39.5 Å². The molecule has 0 heterocycles. The second-order valence-corrected chi connectivity index (χ2v) is 28.9. The van der Waals surface area contributed by atoms with Crippen LogP contribution in [0.4, 0.5) is 0 Å². The van der Waals surface area contributed by atoms with E-state index in [2.05, 4.69) is 88.5 Å². The summed E-state index contributed by atoms with van der Waals surface area (Å²) in [6.45, 7) is 4.82. The van der Waals surface area contributed by atoms with Gasteiger partial charge in [0.25, 0.3) is 0 Å². The molecule has 0 fully saturated rings. The minimum atomic E-state index is -4.97. The summed E-state index contributed by atoms with van der Waals surface area (Å²) in [4.78, 5) is 72.8. The molecule has 96 heavy (non-hydrogen) atoms. The summed E-state index contributed by atoms with van der Waals surface area (Å²) in [6, 6.07) is 0. The number of ether oxygens (including phenoxy) is 4. The number of phosphoric ester groups is 2. The molecule has 0 rings (SSSR count). The first kappa shape index (κ1) is 92.8. The highest BCUT2D eigenvalue weighted by Crippen LogP contribution is 2.45. The van der Waals surface area contributed by atoms with Crippen LogP contribution >= 0.6 is 15.6 Å². The molecule has 0 aromatic heterocycles. The van der Waals surface area contributed by atoms with Gasteiger partial charge in [0.05, 0.1) is 26.4 Å². The predicted molar refractivity (Wildman–Crippen MR) is 390 cm³/mol.